The van der Waals surface area contributed by atoms with Crippen LogP contribution in [0.15, 0.2) is 12.1 Å². The van der Waals surface area contributed by atoms with Gasteiger partial charge in [0.05, 0.1) is 5.69 Å². The summed E-state index contributed by atoms with van der Waals surface area (Å²) in [7, 11) is 1.94. The van der Waals surface area contributed by atoms with Crippen molar-refractivity contribution in [2.75, 3.05) is 23.8 Å². The number of anilines is 2. The molecule has 2 aliphatic heterocycles. The minimum Gasteiger partial charge on any atom is -0.388 e. The molecule has 0 fully saturated rings. The molecule has 0 aromatic heterocycles. The average molecular weight is 202 g/mol. The molecule has 1 N–H and O–H groups in total. The number of amides is 1. The van der Waals surface area contributed by atoms with E-state index >= 15 is 0 Å². The first-order valence-corrected chi connectivity index (χ1v) is 5.43. The fourth-order valence-corrected chi connectivity index (χ4v) is 2.60. The van der Waals surface area contributed by atoms with Crippen molar-refractivity contribution in [3.8, 4) is 0 Å². The number of nitrogens with zero attached hydrogens (tertiary/aromatic N) is 1. The van der Waals surface area contributed by atoms with Crippen LogP contribution in [0.2, 0.25) is 0 Å². The Morgan fingerprint density at radius 1 is 1.20 bits per heavy atom. The van der Waals surface area contributed by atoms with E-state index in [9.17, 15) is 4.79 Å². The SMILES string of the molecule is CNc1cc2c3c(c1)CCN3C(=O)CC2. The molecule has 78 valence electrons. The first-order valence-electron chi connectivity index (χ1n) is 5.43. The number of rotatable bonds is 1. The first-order chi connectivity index (χ1) is 7.29. The molecule has 0 saturated heterocycles. The molecule has 0 saturated carbocycles. The molecule has 3 nitrogen and oxygen atoms in total. The molecule has 2 heterocycles. The first kappa shape index (κ1) is 8.77. The van der Waals surface area contributed by atoms with Crippen molar-refractivity contribution in [1.29, 1.82) is 0 Å². The molecule has 1 aromatic carbocycles. The van der Waals surface area contributed by atoms with Gasteiger partial charge in [-0.3, -0.25) is 4.79 Å². The summed E-state index contributed by atoms with van der Waals surface area (Å²) in [5.41, 5.74) is 5.02. The van der Waals surface area contributed by atoms with E-state index in [4.69, 9.17) is 0 Å². The van der Waals surface area contributed by atoms with Gasteiger partial charge in [-0.15, -0.1) is 0 Å². The monoisotopic (exact) mass is 202 g/mol. The van der Waals surface area contributed by atoms with Crippen molar-refractivity contribution < 1.29 is 4.79 Å². The molecule has 0 unspecified atom stereocenters. The molecule has 0 atom stereocenters. The van der Waals surface area contributed by atoms with Gasteiger partial charge < -0.3 is 10.2 Å². The van der Waals surface area contributed by atoms with Crippen LogP contribution in [-0.4, -0.2) is 19.5 Å². The predicted octanol–water partition coefficient (Wildman–Crippen LogP) is 1.56. The lowest BCUT2D eigenvalue weighted by Gasteiger charge is -2.25. The smallest absolute Gasteiger partial charge is 0.227 e. The lowest BCUT2D eigenvalue weighted by molar-refractivity contribution is -0.118. The molecular formula is C12H14N2O. The van der Waals surface area contributed by atoms with Crippen molar-refractivity contribution in [2.45, 2.75) is 19.3 Å². The van der Waals surface area contributed by atoms with E-state index in [2.05, 4.69) is 17.4 Å². The van der Waals surface area contributed by atoms with Crippen LogP contribution in [-0.2, 0) is 17.6 Å². The summed E-state index contributed by atoms with van der Waals surface area (Å²) in [6, 6.07) is 4.33. The number of carbonyl (C=O) groups is 1. The molecule has 15 heavy (non-hydrogen) atoms. The van der Waals surface area contributed by atoms with E-state index in [1.54, 1.807) is 0 Å². The van der Waals surface area contributed by atoms with Crippen LogP contribution in [0, 0.1) is 0 Å². The number of aryl methyl sites for hydroxylation is 1. The van der Waals surface area contributed by atoms with E-state index in [1.165, 1.54) is 22.5 Å². The summed E-state index contributed by atoms with van der Waals surface area (Å²) in [5.74, 6) is 0.290. The highest BCUT2D eigenvalue weighted by Crippen LogP contribution is 2.38. The number of nitrogens with one attached hydrogen (secondary N) is 1. The Morgan fingerprint density at radius 3 is 2.67 bits per heavy atom. The van der Waals surface area contributed by atoms with Crippen molar-refractivity contribution in [2.24, 2.45) is 0 Å². The summed E-state index contributed by atoms with van der Waals surface area (Å²) in [4.78, 5) is 13.6. The van der Waals surface area contributed by atoms with Crippen LogP contribution in [0.4, 0.5) is 11.4 Å². The van der Waals surface area contributed by atoms with Crippen molar-refractivity contribution in [3.05, 3.63) is 23.3 Å². The van der Waals surface area contributed by atoms with Gasteiger partial charge in [0.15, 0.2) is 0 Å². The molecule has 0 aliphatic carbocycles. The Hall–Kier alpha value is -1.51. The minimum atomic E-state index is 0.290. The Balaban J connectivity index is 2.18. The number of benzene rings is 1. The molecular weight excluding hydrogens is 188 g/mol. The summed E-state index contributed by atoms with van der Waals surface area (Å²) in [6.07, 6.45) is 2.57. The highest BCUT2D eigenvalue weighted by molar-refractivity contribution is 5.99. The van der Waals surface area contributed by atoms with E-state index < -0.39 is 0 Å². The van der Waals surface area contributed by atoms with Gasteiger partial charge in [-0.25, -0.2) is 0 Å². The standard InChI is InChI=1S/C12H14N2O/c1-13-10-6-8-2-3-11(15)14-5-4-9(7-10)12(8)14/h6-7,13H,2-5H2,1H3. The van der Waals surface area contributed by atoms with Gasteiger partial charge in [0.1, 0.15) is 0 Å². The quantitative estimate of drug-likeness (QED) is 0.749. The predicted molar refractivity (Wildman–Crippen MR) is 60.4 cm³/mol. The van der Waals surface area contributed by atoms with Gasteiger partial charge >= 0.3 is 0 Å². The zero-order valence-corrected chi connectivity index (χ0v) is 8.84. The molecule has 0 bridgehead atoms. The van der Waals surface area contributed by atoms with Crippen LogP contribution in [0.3, 0.4) is 0 Å². The van der Waals surface area contributed by atoms with Crippen LogP contribution < -0.4 is 10.2 Å². The maximum Gasteiger partial charge on any atom is 0.227 e. The summed E-state index contributed by atoms with van der Waals surface area (Å²) >= 11 is 0. The van der Waals surface area contributed by atoms with Crippen LogP contribution in [0.1, 0.15) is 17.5 Å². The van der Waals surface area contributed by atoms with Crippen LogP contribution in [0.5, 0.6) is 0 Å². The normalized spacial score (nSPS) is 17.9. The van der Waals surface area contributed by atoms with E-state index in [1.807, 2.05) is 11.9 Å². The Kier molecular flexibility index (Phi) is 1.75. The average Bonchev–Trinajstić information content (AvgIpc) is 2.68. The number of carbonyl (C=O) groups excluding carboxylic acids is 1. The maximum atomic E-state index is 11.7. The lowest BCUT2D eigenvalue weighted by Crippen LogP contribution is -2.32. The molecule has 1 aromatic rings. The van der Waals surface area contributed by atoms with E-state index in [0.717, 1.165) is 19.4 Å². The van der Waals surface area contributed by atoms with E-state index in [-0.39, 0.29) is 0 Å². The summed E-state index contributed by atoms with van der Waals surface area (Å²) < 4.78 is 0. The third-order valence-corrected chi connectivity index (χ3v) is 3.34. The zero-order chi connectivity index (χ0) is 10.4. The van der Waals surface area contributed by atoms with Crippen molar-refractivity contribution in [3.63, 3.8) is 0 Å². The fraction of sp³-hybridized carbons (Fsp3) is 0.417. The minimum absolute atomic E-state index is 0.290. The molecule has 2 aliphatic rings. The van der Waals surface area contributed by atoms with E-state index in [0.29, 0.717) is 12.3 Å². The van der Waals surface area contributed by atoms with Crippen LogP contribution >= 0.6 is 0 Å². The summed E-state index contributed by atoms with van der Waals surface area (Å²) in [6.45, 7) is 0.869. The Bertz CT molecular complexity index is 439. The highest BCUT2D eigenvalue weighted by Gasteiger charge is 2.31. The van der Waals surface area contributed by atoms with Crippen molar-refractivity contribution in [1.82, 2.24) is 0 Å². The Labute approximate surface area is 89.1 Å². The number of hydrogen-bond donors (Lipinski definition) is 1. The van der Waals surface area contributed by atoms with Gasteiger partial charge in [0.2, 0.25) is 5.91 Å². The second-order valence-electron chi connectivity index (χ2n) is 4.19. The fourth-order valence-electron chi connectivity index (χ4n) is 2.60. The van der Waals surface area contributed by atoms with Gasteiger partial charge in [-0.05, 0) is 36.1 Å². The third kappa shape index (κ3) is 1.16. The molecule has 1 amide bonds. The van der Waals surface area contributed by atoms with Gasteiger partial charge in [0.25, 0.3) is 0 Å². The molecule has 0 spiro atoms. The summed E-state index contributed by atoms with van der Waals surface area (Å²) in [5, 5.41) is 3.18. The lowest BCUT2D eigenvalue weighted by atomic mass is 9.99. The molecule has 3 heteroatoms. The molecule has 3 rings (SSSR count). The zero-order valence-electron chi connectivity index (χ0n) is 8.84. The van der Waals surface area contributed by atoms with Crippen molar-refractivity contribution >= 4 is 17.3 Å². The number of hydrogen-bond acceptors (Lipinski definition) is 2. The Morgan fingerprint density at radius 2 is 1.93 bits per heavy atom. The van der Waals surface area contributed by atoms with Gasteiger partial charge in [-0.1, -0.05) is 0 Å². The van der Waals surface area contributed by atoms with Crippen LogP contribution in [0.25, 0.3) is 0 Å². The van der Waals surface area contributed by atoms with Gasteiger partial charge in [-0.2, -0.15) is 0 Å². The third-order valence-electron chi connectivity index (χ3n) is 3.34. The maximum absolute atomic E-state index is 11.7. The largest absolute Gasteiger partial charge is 0.388 e. The topological polar surface area (TPSA) is 32.3 Å². The highest BCUT2D eigenvalue weighted by atomic mass is 16.2. The molecule has 0 radical (unpaired) electrons. The van der Waals surface area contributed by atoms with Gasteiger partial charge in [0, 0.05) is 25.7 Å². The second kappa shape index (κ2) is 2.99. The second-order valence-corrected chi connectivity index (χ2v) is 4.19.